The van der Waals surface area contributed by atoms with Crippen LogP contribution in [0.25, 0.3) is 5.57 Å². The fourth-order valence-corrected chi connectivity index (χ4v) is 2.06. The van der Waals surface area contributed by atoms with E-state index < -0.39 is 5.91 Å². The predicted octanol–water partition coefficient (Wildman–Crippen LogP) is 2.07. The number of rotatable bonds is 6. The Morgan fingerprint density at radius 2 is 2.00 bits per heavy atom. The van der Waals surface area contributed by atoms with Gasteiger partial charge >= 0.3 is 0 Å². The number of nitrogens with two attached hydrogens (primary N) is 1. The SMILES string of the molecule is N#CC(=CNc1ccccc1Oc1ccc(C(N)=O)cc1)c1nn[nH]n1. The van der Waals surface area contributed by atoms with Gasteiger partial charge in [0.25, 0.3) is 0 Å². The van der Waals surface area contributed by atoms with Crippen LogP contribution in [0.4, 0.5) is 5.69 Å². The highest BCUT2D eigenvalue weighted by molar-refractivity contribution is 5.92. The fraction of sp³-hybridized carbons (Fsp3) is 0. The third-order valence-electron chi connectivity index (χ3n) is 3.33. The molecule has 0 radical (unpaired) electrons. The van der Waals surface area contributed by atoms with Crippen molar-refractivity contribution in [1.29, 1.82) is 5.26 Å². The lowest BCUT2D eigenvalue weighted by Gasteiger charge is -2.11. The van der Waals surface area contributed by atoms with E-state index in [0.717, 1.165) is 0 Å². The molecule has 0 bridgehead atoms. The van der Waals surface area contributed by atoms with Crippen molar-refractivity contribution in [3.8, 4) is 17.6 Å². The van der Waals surface area contributed by atoms with Crippen molar-refractivity contribution >= 4 is 17.2 Å². The van der Waals surface area contributed by atoms with Gasteiger partial charge in [-0.25, -0.2) is 0 Å². The first kappa shape index (κ1) is 16.7. The molecule has 2 aromatic carbocycles. The summed E-state index contributed by atoms with van der Waals surface area (Å²) in [6, 6.07) is 15.6. The Bertz CT molecular complexity index is 973. The first-order chi connectivity index (χ1) is 12.7. The summed E-state index contributed by atoms with van der Waals surface area (Å²) in [6.45, 7) is 0. The number of H-pyrrole nitrogens is 1. The second-order valence-corrected chi connectivity index (χ2v) is 5.04. The van der Waals surface area contributed by atoms with Crippen molar-refractivity contribution in [2.24, 2.45) is 5.73 Å². The highest BCUT2D eigenvalue weighted by atomic mass is 16.5. The molecule has 9 nitrogen and oxygen atoms in total. The Hall–Kier alpha value is -4.19. The number of carbonyl (C=O) groups excluding carboxylic acids is 1. The molecule has 3 rings (SSSR count). The molecule has 0 fully saturated rings. The zero-order valence-electron chi connectivity index (χ0n) is 13.4. The molecule has 0 aliphatic heterocycles. The third kappa shape index (κ3) is 3.82. The van der Waals surface area contributed by atoms with Crippen molar-refractivity contribution in [3.05, 3.63) is 66.1 Å². The summed E-state index contributed by atoms with van der Waals surface area (Å²) >= 11 is 0. The molecule has 1 amide bonds. The van der Waals surface area contributed by atoms with Crippen molar-refractivity contribution in [2.45, 2.75) is 0 Å². The monoisotopic (exact) mass is 347 g/mol. The molecule has 1 aromatic heterocycles. The molecule has 9 heteroatoms. The smallest absolute Gasteiger partial charge is 0.248 e. The van der Waals surface area contributed by atoms with Crippen LogP contribution in [-0.2, 0) is 0 Å². The zero-order valence-corrected chi connectivity index (χ0v) is 13.4. The molecule has 128 valence electrons. The number of aromatic amines is 1. The highest BCUT2D eigenvalue weighted by Crippen LogP contribution is 2.29. The molecule has 0 aliphatic rings. The minimum Gasteiger partial charge on any atom is -0.455 e. The topological polar surface area (TPSA) is 143 Å². The number of aromatic nitrogens is 4. The molecular formula is C17H13N7O2. The van der Waals surface area contributed by atoms with Crippen LogP contribution in [0, 0.1) is 11.3 Å². The number of allylic oxidation sites excluding steroid dienone is 1. The highest BCUT2D eigenvalue weighted by Gasteiger charge is 2.08. The number of carbonyl (C=O) groups is 1. The predicted molar refractivity (Wildman–Crippen MR) is 92.9 cm³/mol. The van der Waals surface area contributed by atoms with E-state index in [1.807, 2.05) is 18.2 Å². The number of nitriles is 1. The van der Waals surface area contributed by atoms with Crippen LogP contribution < -0.4 is 15.8 Å². The Morgan fingerprint density at radius 1 is 1.23 bits per heavy atom. The molecule has 0 aliphatic carbocycles. The van der Waals surface area contributed by atoms with Gasteiger partial charge in [-0.15, -0.1) is 10.2 Å². The molecule has 0 saturated carbocycles. The Labute approximate surface area is 148 Å². The molecule has 0 atom stereocenters. The molecule has 0 unspecified atom stereocenters. The Kier molecular flexibility index (Phi) is 4.86. The summed E-state index contributed by atoms with van der Waals surface area (Å²) in [5.41, 5.74) is 6.45. The van der Waals surface area contributed by atoms with Crippen molar-refractivity contribution in [3.63, 3.8) is 0 Å². The van der Waals surface area contributed by atoms with Gasteiger partial charge in [-0.2, -0.15) is 10.5 Å². The second kappa shape index (κ2) is 7.59. The van der Waals surface area contributed by atoms with E-state index in [2.05, 4.69) is 25.9 Å². The van der Waals surface area contributed by atoms with Crippen LogP contribution in [0.2, 0.25) is 0 Å². The number of primary amides is 1. The number of tetrazole rings is 1. The van der Waals surface area contributed by atoms with Crippen molar-refractivity contribution < 1.29 is 9.53 Å². The van der Waals surface area contributed by atoms with Crippen LogP contribution in [0.3, 0.4) is 0 Å². The largest absolute Gasteiger partial charge is 0.455 e. The van der Waals surface area contributed by atoms with E-state index in [9.17, 15) is 10.1 Å². The lowest BCUT2D eigenvalue weighted by atomic mass is 10.2. The average Bonchev–Trinajstić information content (AvgIpc) is 3.18. The lowest BCUT2D eigenvalue weighted by Crippen LogP contribution is -2.10. The summed E-state index contributed by atoms with van der Waals surface area (Å²) in [5.74, 6) is 0.738. The van der Waals surface area contributed by atoms with E-state index in [-0.39, 0.29) is 11.4 Å². The van der Waals surface area contributed by atoms with Gasteiger partial charge in [0.2, 0.25) is 11.7 Å². The van der Waals surface area contributed by atoms with E-state index in [1.165, 1.54) is 6.20 Å². The van der Waals surface area contributed by atoms with Gasteiger partial charge in [-0.05, 0) is 41.6 Å². The third-order valence-corrected chi connectivity index (χ3v) is 3.33. The van der Waals surface area contributed by atoms with E-state index in [1.54, 1.807) is 36.4 Å². The van der Waals surface area contributed by atoms with Gasteiger partial charge in [-0.1, -0.05) is 12.1 Å². The van der Waals surface area contributed by atoms with Crippen LogP contribution in [0.15, 0.2) is 54.7 Å². The average molecular weight is 347 g/mol. The number of ether oxygens (including phenoxy) is 1. The first-order valence-corrected chi connectivity index (χ1v) is 7.45. The standard InChI is InChI=1S/C17H13N7O2/c18-9-12(17-21-23-24-22-17)10-20-14-3-1-2-4-15(14)26-13-7-5-11(6-8-13)16(19)25/h1-8,10,20H,(H2,19,25)(H,21,22,23,24). The molecular weight excluding hydrogens is 334 g/mol. The summed E-state index contributed by atoms with van der Waals surface area (Å²) < 4.78 is 5.82. The van der Waals surface area contributed by atoms with Gasteiger partial charge in [0, 0.05) is 11.8 Å². The number of amides is 1. The van der Waals surface area contributed by atoms with Crippen molar-refractivity contribution in [1.82, 2.24) is 20.6 Å². The maximum Gasteiger partial charge on any atom is 0.248 e. The number of para-hydroxylation sites is 2. The van der Waals surface area contributed by atoms with Gasteiger partial charge in [0.15, 0.2) is 5.75 Å². The first-order valence-electron chi connectivity index (χ1n) is 7.45. The molecule has 3 aromatic rings. The van der Waals surface area contributed by atoms with Gasteiger partial charge in [-0.3, -0.25) is 4.79 Å². The van der Waals surface area contributed by atoms with Crippen LogP contribution in [0.1, 0.15) is 16.2 Å². The number of anilines is 1. The molecule has 1 heterocycles. The Balaban J connectivity index is 1.80. The second-order valence-electron chi connectivity index (χ2n) is 5.04. The van der Waals surface area contributed by atoms with Gasteiger partial charge in [0.05, 0.1) is 5.69 Å². The lowest BCUT2D eigenvalue weighted by molar-refractivity contribution is 0.100. The maximum atomic E-state index is 11.1. The summed E-state index contributed by atoms with van der Waals surface area (Å²) in [4.78, 5) is 11.1. The molecule has 0 saturated heterocycles. The maximum absolute atomic E-state index is 11.1. The number of hydrogen-bond donors (Lipinski definition) is 3. The summed E-state index contributed by atoms with van der Waals surface area (Å²) in [6.07, 6.45) is 1.46. The minimum absolute atomic E-state index is 0.181. The number of nitrogens with one attached hydrogen (secondary N) is 2. The number of hydrogen-bond acceptors (Lipinski definition) is 7. The Morgan fingerprint density at radius 3 is 2.65 bits per heavy atom. The van der Waals surface area contributed by atoms with Crippen LogP contribution in [-0.4, -0.2) is 26.5 Å². The minimum atomic E-state index is -0.505. The van der Waals surface area contributed by atoms with Crippen molar-refractivity contribution in [2.75, 3.05) is 5.32 Å². The van der Waals surface area contributed by atoms with Crippen LogP contribution in [0.5, 0.6) is 11.5 Å². The normalized spacial score (nSPS) is 10.8. The number of benzene rings is 2. The summed E-state index contributed by atoms with van der Waals surface area (Å²) in [5, 5.41) is 25.4. The fourth-order valence-electron chi connectivity index (χ4n) is 2.06. The van der Waals surface area contributed by atoms with E-state index in [4.69, 9.17) is 10.5 Å². The molecule has 4 N–H and O–H groups in total. The number of nitrogens with zero attached hydrogens (tertiary/aromatic N) is 4. The zero-order chi connectivity index (χ0) is 18.4. The van der Waals surface area contributed by atoms with E-state index >= 15 is 0 Å². The quantitative estimate of drug-likeness (QED) is 0.579. The van der Waals surface area contributed by atoms with Gasteiger partial charge in [0.1, 0.15) is 17.4 Å². The van der Waals surface area contributed by atoms with Gasteiger partial charge < -0.3 is 15.8 Å². The van der Waals surface area contributed by atoms with Crippen LogP contribution >= 0.6 is 0 Å². The molecule has 26 heavy (non-hydrogen) atoms. The molecule has 0 spiro atoms. The summed E-state index contributed by atoms with van der Waals surface area (Å²) in [7, 11) is 0. The van der Waals surface area contributed by atoms with E-state index in [0.29, 0.717) is 22.7 Å².